The van der Waals surface area contributed by atoms with Gasteiger partial charge in [-0.2, -0.15) is 5.26 Å². The Bertz CT molecular complexity index is 809. The van der Waals surface area contributed by atoms with Gasteiger partial charge in [0.15, 0.2) is 23.9 Å². The SMILES string of the molecule is COc1cc(C(=O)/C=C/c2ccc(OCC#N)cc2)cc(OC)c1OC. The summed E-state index contributed by atoms with van der Waals surface area (Å²) >= 11 is 0. The van der Waals surface area contributed by atoms with Gasteiger partial charge in [0.05, 0.1) is 21.3 Å². The lowest BCUT2D eigenvalue weighted by Crippen LogP contribution is -2.00. The number of nitriles is 1. The highest BCUT2D eigenvalue weighted by molar-refractivity contribution is 6.07. The molecule has 0 saturated carbocycles. The van der Waals surface area contributed by atoms with Crippen LogP contribution in [-0.4, -0.2) is 33.7 Å². The second-order valence-corrected chi connectivity index (χ2v) is 5.13. The molecule has 2 aromatic rings. The molecule has 0 aliphatic heterocycles. The van der Waals surface area contributed by atoms with Crippen LogP contribution in [0.3, 0.4) is 0 Å². The number of ketones is 1. The first-order valence-electron chi connectivity index (χ1n) is 7.75. The van der Waals surface area contributed by atoms with E-state index in [1.807, 2.05) is 6.07 Å². The lowest BCUT2D eigenvalue weighted by Gasteiger charge is -2.13. The molecular weight excluding hydrogens is 334 g/mol. The molecule has 26 heavy (non-hydrogen) atoms. The maximum Gasteiger partial charge on any atom is 0.203 e. The van der Waals surface area contributed by atoms with Crippen molar-refractivity contribution in [2.45, 2.75) is 0 Å². The van der Waals surface area contributed by atoms with Gasteiger partial charge < -0.3 is 18.9 Å². The second-order valence-electron chi connectivity index (χ2n) is 5.13. The lowest BCUT2D eigenvalue weighted by atomic mass is 10.1. The normalized spacial score (nSPS) is 10.2. The van der Waals surface area contributed by atoms with Crippen molar-refractivity contribution in [1.82, 2.24) is 0 Å². The Hall–Kier alpha value is -3.46. The minimum Gasteiger partial charge on any atom is -0.493 e. The summed E-state index contributed by atoms with van der Waals surface area (Å²) in [6, 6.07) is 12.2. The van der Waals surface area contributed by atoms with Crippen LogP contribution in [0.15, 0.2) is 42.5 Å². The fraction of sp³-hybridized carbons (Fsp3) is 0.200. The number of nitrogens with zero attached hydrogens (tertiary/aromatic N) is 1. The maximum absolute atomic E-state index is 12.5. The van der Waals surface area contributed by atoms with Crippen LogP contribution in [0.5, 0.6) is 23.0 Å². The van der Waals surface area contributed by atoms with Crippen LogP contribution in [0.1, 0.15) is 15.9 Å². The molecule has 0 saturated heterocycles. The van der Waals surface area contributed by atoms with Gasteiger partial charge in [0.25, 0.3) is 0 Å². The quantitative estimate of drug-likeness (QED) is 0.534. The monoisotopic (exact) mass is 353 g/mol. The van der Waals surface area contributed by atoms with Gasteiger partial charge in [0.1, 0.15) is 11.8 Å². The molecular formula is C20H19NO5. The molecule has 134 valence electrons. The van der Waals surface area contributed by atoms with E-state index in [1.54, 1.807) is 42.5 Å². The average molecular weight is 353 g/mol. The number of rotatable bonds is 8. The van der Waals surface area contributed by atoms with Crippen molar-refractivity contribution in [2.75, 3.05) is 27.9 Å². The van der Waals surface area contributed by atoms with Crippen molar-refractivity contribution in [2.24, 2.45) is 0 Å². The Morgan fingerprint density at radius 2 is 1.65 bits per heavy atom. The number of carbonyl (C=O) groups is 1. The van der Waals surface area contributed by atoms with E-state index in [0.717, 1.165) is 5.56 Å². The van der Waals surface area contributed by atoms with Crippen LogP contribution in [0.25, 0.3) is 6.08 Å². The molecule has 0 unspecified atom stereocenters. The van der Waals surface area contributed by atoms with Crippen molar-refractivity contribution in [3.8, 4) is 29.1 Å². The van der Waals surface area contributed by atoms with Gasteiger partial charge in [0.2, 0.25) is 5.75 Å². The van der Waals surface area contributed by atoms with E-state index < -0.39 is 0 Å². The zero-order valence-electron chi connectivity index (χ0n) is 14.8. The first-order valence-corrected chi connectivity index (χ1v) is 7.75. The van der Waals surface area contributed by atoms with Crippen LogP contribution in [0.2, 0.25) is 0 Å². The Morgan fingerprint density at radius 3 is 2.15 bits per heavy atom. The number of methoxy groups -OCH3 is 3. The number of hydrogen-bond donors (Lipinski definition) is 0. The first kappa shape index (κ1) is 18.9. The molecule has 0 bridgehead atoms. The summed E-state index contributed by atoms with van der Waals surface area (Å²) in [6.45, 7) is -0.00515. The summed E-state index contributed by atoms with van der Waals surface area (Å²) in [5.74, 6) is 1.67. The van der Waals surface area contributed by atoms with Gasteiger partial charge in [0, 0.05) is 5.56 Å². The second kappa shape index (κ2) is 9.14. The van der Waals surface area contributed by atoms with E-state index in [1.165, 1.54) is 27.4 Å². The number of hydrogen-bond acceptors (Lipinski definition) is 6. The van der Waals surface area contributed by atoms with E-state index in [0.29, 0.717) is 28.6 Å². The highest BCUT2D eigenvalue weighted by atomic mass is 16.5. The highest BCUT2D eigenvalue weighted by Gasteiger charge is 2.15. The van der Waals surface area contributed by atoms with Crippen molar-refractivity contribution in [3.05, 3.63) is 53.6 Å². The minimum atomic E-state index is -0.200. The van der Waals surface area contributed by atoms with Gasteiger partial charge in [-0.1, -0.05) is 18.2 Å². The molecule has 0 heterocycles. The summed E-state index contributed by atoms with van der Waals surface area (Å²) < 4.78 is 21.0. The molecule has 0 amide bonds. The first-order chi connectivity index (χ1) is 12.6. The number of carbonyl (C=O) groups excluding carboxylic acids is 1. The summed E-state index contributed by atoms with van der Waals surface area (Å²) in [4.78, 5) is 12.5. The van der Waals surface area contributed by atoms with E-state index >= 15 is 0 Å². The highest BCUT2D eigenvalue weighted by Crippen LogP contribution is 2.38. The van der Waals surface area contributed by atoms with Crippen LogP contribution in [-0.2, 0) is 0 Å². The Labute approximate surface area is 152 Å². The minimum absolute atomic E-state index is 0.00515. The van der Waals surface area contributed by atoms with Gasteiger partial charge >= 0.3 is 0 Å². The van der Waals surface area contributed by atoms with Crippen LogP contribution < -0.4 is 18.9 Å². The van der Waals surface area contributed by atoms with Crippen molar-refractivity contribution < 1.29 is 23.7 Å². The number of benzene rings is 2. The molecule has 0 aliphatic rings. The predicted molar refractivity (Wildman–Crippen MR) is 97.0 cm³/mol. The molecule has 0 aliphatic carbocycles. The van der Waals surface area contributed by atoms with Gasteiger partial charge in [-0.15, -0.1) is 0 Å². The Morgan fingerprint density at radius 1 is 1.04 bits per heavy atom. The zero-order chi connectivity index (χ0) is 18.9. The molecule has 6 heteroatoms. The van der Waals surface area contributed by atoms with E-state index in [4.69, 9.17) is 24.2 Å². The van der Waals surface area contributed by atoms with Gasteiger partial charge in [-0.05, 0) is 35.9 Å². The molecule has 0 radical (unpaired) electrons. The lowest BCUT2D eigenvalue weighted by molar-refractivity contribution is 0.104. The molecule has 0 aromatic heterocycles. The van der Waals surface area contributed by atoms with Crippen LogP contribution in [0.4, 0.5) is 0 Å². The van der Waals surface area contributed by atoms with Crippen LogP contribution >= 0.6 is 0 Å². The topological polar surface area (TPSA) is 77.8 Å². The number of allylic oxidation sites excluding steroid dienone is 1. The van der Waals surface area contributed by atoms with E-state index in [-0.39, 0.29) is 12.4 Å². The Kier molecular flexibility index (Phi) is 6.63. The van der Waals surface area contributed by atoms with Crippen molar-refractivity contribution in [3.63, 3.8) is 0 Å². The predicted octanol–water partition coefficient (Wildman–Crippen LogP) is 3.51. The molecule has 2 aromatic carbocycles. The summed E-state index contributed by atoms with van der Waals surface area (Å²) in [5, 5.41) is 8.49. The zero-order valence-corrected chi connectivity index (χ0v) is 14.8. The standard InChI is InChI=1S/C20H19NO5/c1-23-18-12-15(13-19(24-2)20(18)25-3)17(22)9-6-14-4-7-16(8-5-14)26-11-10-21/h4-9,12-13H,11H2,1-3H3/b9-6+. The fourth-order valence-corrected chi connectivity index (χ4v) is 2.28. The van der Waals surface area contributed by atoms with Crippen molar-refractivity contribution in [1.29, 1.82) is 5.26 Å². The third kappa shape index (κ3) is 4.54. The largest absolute Gasteiger partial charge is 0.493 e. The summed E-state index contributed by atoms with van der Waals surface area (Å²) in [5.41, 5.74) is 1.25. The smallest absolute Gasteiger partial charge is 0.203 e. The van der Waals surface area contributed by atoms with E-state index in [9.17, 15) is 4.79 Å². The molecule has 0 atom stereocenters. The molecule has 6 nitrogen and oxygen atoms in total. The maximum atomic E-state index is 12.5. The molecule has 0 fully saturated rings. The van der Waals surface area contributed by atoms with Crippen LogP contribution in [0, 0.1) is 11.3 Å². The van der Waals surface area contributed by atoms with Gasteiger partial charge in [-0.25, -0.2) is 0 Å². The van der Waals surface area contributed by atoms with E-state index in [2.05, 4.69) is 0 Å². The van der Waals surface area contributed by atoms with Gasteiger partial charge in [-0.3, -0.25) is 4.79 Å². The third-order valence-electron chi connectivity index (χ3n) is 3.56. The number of ether oxygens (including phenoxy) is 4. The molecule has 0 spiro atoms. The average Bonchev–Trinajstić information content (AvgIpc) is 2.69. The summed E-state index contributed by atoms with van der Waals surface area (Å²) in [6.07, 6.45) is 3.16. The van der Waals surface area contributed by atoms with Crippen molar-refractivity contribution >= 4 is 11.9 Å². The molecule has 0 N–H and O–H groups in total. The Balaban J connectivity index is 2.19. The molecule has 2 rings (SSSR count). The summed E-state index contributed by atoms with van der Waals surface area (Å²) in [7, 11) is 4.50. The third-order valence-corrected chi connectivity index (χ3v) is 3.56. The fourth-order valence-electron chi connectivity index (χ4n) is 2.28.